The lowest BCUT2D eigenvalue weighted by atomic mass is 9.99. The van der Waals surface area contributed by atoms with Crippen molar-refractivity contribution in [2.24, 2.45) is 5.92 Å². The van der Waals surface area contributed by atoms with Gasteiger partial charge in [-0.15, -0.1) is 0 Å². The highest BCUT2D eigenvalue weighted by Crippen LogP contribution is 2.29. The minimum Gasteiger partial charge on any atom is -0.497 e. The number of methoxy groups -OCH3 is 2. The summed E-state index contributed by atoms with van der Waals surface area (Å²) < 4.78 is 10.5. The maximum absolute atomic E-state index is 12.2. The summed E-state index contributed by atoms with van der Waals surface area (Å²) in [5, 5.41) is 14.9. The van der Waals surface area contributed by atoms with E-state index in [1.807, 2.05) is 20.8 Å². The molecule has 0 heterocycles. The largest absolute Gasteiger partial charge is 0.497 e. The topological polar surface area (TPSA) is 96.9 Å². The Labute approximate surface area is 148 Å². The summed E-state index contributed by atoms with van der Waals surface area (Å²) >= 11 is 0. The van der Waals surface area contributed by atoms with E-state index in [1.54, 1.807) is 32.4 Å². The Kier molecular flexibility index (Phi) is 8.21. The van der Waals surface area contributed by atoms with E-state index in [0.717, 1.165) is 5.56 Å². The van der Waals surface area contributed by atoms with Gasteiger partial charge in [0.15, 0.2) is 0 Å². The number of hydrogen-bond acceptors (Lipinski definition) is 5. The lowest BCUT2D eigenvalue weighted by Gasteiger charge is -2.21. The van der Waals surface area contributed by atoms with Crippen molar-refractivity contribution < 1.29 is 24.2 Å². The number of carboxylic acids is 1. The molecule has 1 rings (SSSR count). The molecule has 0 radical (unpaired) electrons. The van der Waals surface area contributed by atoms with Gasteiger partial charge in [0.25, 0.3) is 0 Å². The molecule has 0 aliphatic heterocycles. The number of benzene rings is 1. The first kappa shape index (κ1) is 20.8. The van der Waals surface area contributed by atoms with Crippen LogP contribution in [0.15, 0.2) is 18.2 Å². The first-order valence-corrected chi connectivity index (χ1v) is 8.31. The maximum atomic E-state index is 12.2. The van der Waals surface area contributed by atoms with Crippen LogP contribution >= 0.6 is 0 Å². The van der Waals surface area contributed by atoms with Crippen LogP contribution in [0.1, 0.15) is 38.8 Å². The van der Waals surface area contributed by atoms with Crippen LogP contribution in [0, 0.1) is 5.92 Å². The fraction of sp³-hybridized carbons (Fsp3) is 0.556. The van der Waals surface area contributed by atoms with Gasteiger partial charge in [-0.25, -0.2) is 0 Å². The van der Waals surface area contributed by atoms with E-state index in [2.05, 4.69) is 10.6 Å². The lowest BCUT2D eigenvalue weighted by Crippen LogP contribution is -2.46. The van der Waals surface area contributed by atoms with Gasteiger partial charge in [-0.2, -0.15) is 0 Å². The molecule has 0 aromatic heterocycles. The van der Waals surface area contributed by atoms with E-state index in [4.69, 9.17) is 9.47 Å². The first-order chi connectivity index (χ1) is 11.8. The van der Waals surface area contributed by atoms with Gasteiger partial charge in [-0.05, 0) is 31.0 Å². The van der Waals surface area contributed by atoms with Gasteiger partial charge in [0.05, 0.1) is 26.8 Å². The zero-order valence-electron chi connectivity index (χ0n) is 15.5. The van der Waals surface area contributed by atoms with E-state index in [-0.39, 0.29) is 24.4 Å². The molecule has 1 amide bonds. The van der Waals surface area contributed by atoms with Crippen LogP contribution in [0.2, 0.25) is 0 Å². The van der Waals surface area contributed by atoms with Crippen LogP contribution in [0.25, 0.3) is 0 Å². The number of carbonyl (C=O) groups is 2. The third-order valence-corrected chi connectivity index (χ3v) is 4.24. The summed E-state index contributed by atoms with van der Waals surface area (Å²) in [6.45, 7) is 5.52. The quantitative estimate of drug-likeness (QED) is 0.596. The van der Waals surface area contributed by atoms with Crippen molar-refractivity contribution in [1.29, 1.82) is 0 Å². The summed E-state index contributed by atoms with van der Waals surface area (Å²) in [6, 6.07) is 4.29. The number of carbonyl (C=O) groups excluding carboxylic acids is 1. The summed E-state index contributed by atoms with van der Waals surface area (Å²) in [7, 11) is 3.13. The Morgan fingerprint density at radius 2 is 1.88 bits per heavy atom. The number of nitrogens with one attached hydrogen (secondary N) is 2. The summed E-state index contributed by atoms with van der Waals surface area (Å²) in [5.74, 6) is 0.0000964. The monoisotopic (exact) mass is 352 g/mol. The molecule has 0 spiro atoms. The molecule has 3 atom stereocenters. The molecule has 25 heavy (non-hydrogen) atoms. The first-order valence-electron chi connectivity index (χ1n) is 8.31. The molecule has 1 aromatic carbocycles. The average molecular weight is 352 g/mol. The van der Waals surface area contributed by atoms with Crippen molar-refractivity contribution >= 4 is 11.9 Å². The fourth-order valence-electron chi connectivity index (χ4n) is 2.52. The molecule has 3 N–H and O–H groups in total. The standard InChI is InChI=1S/C18H28N2O5/c1-6-11(2)17(18(22)23)19-10-16(21)20-12(3)14-9-13(24-4)7-8-15(14)25-5/h7-9,11-12,17,19H,6,10H2,1-5H3,(H,20,21)(H,22,23)/t11-,12?,17-/m0/s1. The zero-order chi connectivity index (χ0) is 19.0. The summed E-state index contributed by atoms with van der Waals surface area (Å²) in [5.41, 5.74) is 0.784. The zero-order valence-corrected chi connectivity index (χ0v) is 15.5. The van der Waals surface area contributed by atoms with Gasteiger partial charge in [0.1, 0.15) is 17.5 Å². The highest BCUT2D eigenvalue weighted by atomic mass is 16.5. The van der Waals surface area contributed by atoms with Crippen molar-refractivity contribution in [3.63, 3.8) is 0 Å². The van der Waals surface area contributed by atoms with E-state index in [0.29, 0.717) is 17.9 Å². The molecule has 0 fully saturated rings. The molecular weight excluding hydrogens is 324 g/mol. The minimum absolute atomic E-state index is 0.0683. The summed E-state index contributed by atoms with van der Waals surface area (Å²) in [6.07, 6.45) is 0.711. The van der Waals surface area contributed by atoms with Crippen LogP contribution in [-0.2, 0) is 9.59 Å². The van der Waals surface area contributed by atoms with Crippen LogP contribution in [0.4, 0.5) is 0 Å². The molecule has 7 heteroatoms. The van der Waals surface area contributed by atoms with Crippen LogP contribution in [0.3, 0.4) is 0 Å². The molecule has 1 unspecified atom stereocenters. The molecule has 0 aliphatic carbocycles. The molecule has 1 aromatic rings. The maximum Gasteiger partial charge on any atom is 0.320 e. The van der Waals surface area contributed by atoms with Gasteiger partial charge in [-0.3, -0.25) is 14.9 Å². The van der Waals surface area contributed by atoms with E-state index >= 15 is 0 Å². The molecule has 0 saturated heterocycles. The highest BCUT2D eigenvalue weighted by Gasteiger charge is 2.24. The number of rotatable bonds is 10. The molecule has 140 valence electrons. The van der Waals surface area contributed by atoms with Gasteiger partial charge >= 0.3 is 5.97 Å². The third-order valence-electron chi connectivity index (χ3n) is 4.24. The Hall–Kier alpha value is -2.28. The third kappa shape index (κ3) is 5.94. The smallest absolute Gasteiger partial charge is 0.320 e. The Balaban J connectivity index is 2.72. The van der Waals surface area contributed by atoms with Gasteiger partial charge in [0, 0.05) is 5.56 Å². The number of carboxylic acid groups (broad SMARTS) is 1. The lowest BCUT2D eigenvalue weighted by molar-refractivity contribution is -0.141. The Morgan fingerprint density at radius 1 is 1.20 bits per heavy atom. The van der Waals surface area contributed by atoms with E-state index < -0.39 is 12.0 Å². The fourth-order valence-corrected chi connectivity index (χ4v) is 2.52. The predicted octanol–water partition coefficient (Wildman–Crippen LogP) is 1.97. The molecule has 0 aliphatic rings. The van der Waals surface area contributed by atoms with Crippen molar-refractivity contribution in [2.45, 2.75) is 39.3 Å². The van der Waals surface area contributed by atoms with Gasteiger partial charge in [0.2, 0.25) is 5.91 Å². The second-order valence-electron chi connectivity index (χ2n) is 5.98. The summed E-state index contributed by atoms with van der Waals surface area (Å²) in [4.78, 5) is 23.5. The number of aliphatic carboxylic acids is 1. The molecular formula is C18H28N2O5. The predicted molar refractivity (Wildman–Crippen MR) is 95.0 cm³/mol. The van der Waals surface area contributed by atoms with Crippen LogP contribution in [-0.4, -0.2) is 43.8 Å². The highest BCUT2D eigenvalue weighted by molar-refractivity contribution is 5.80. The van der Waals surface area contributed by atoms with Crippen molar-refractivity contribution in [3.8, 4) is 11.5 Å². The van der Waals surface area contributed by atoms with Crippen LogP contribution in [0.5, 0.6) is 11.5 Å². The van der Waals surface area contributed by atoms with Crippen molar-refractivity contribution in [3.05, 3.63) is 23.8 Å². The molecule has 7 nitrogen and oxygen atoms in total. The minimum atomic E-state index is -0.954. The second kappa shape index (κ2) is 9.88. The second-order valence-corrected chi connectivity index (χ2v) is 5.98. The normalized spacial score (nSPS) is 14.3. The van der Waals surface area contributed by atoms with E-state index in [1.165, 1.54) is 0 Å². The van der Waals surface area contributed by atoms with Crippen molar-refractivity contribution in [2.75, 3.05) is 20.8 Å². The van der Waals surface area contributed by atoms with Gasteiger partial charge in [-0.1, -0.05) is 20.3 Å². The number of ether oxygens (including phenoxy) is 2. The van der Waals surface area contributed by atoms with Gasteiger partial charge < -0.3 is 19.9 Å². The number of amides is 1. The Morgan fingerprint density at radius 3 is 2.40 bits per heavy atom. The Bertz CT molecular complexity index is 591. The van der Waals surface area contributed by atoms with Crippen molar-refractivity contribution in [1.82, 2.24) is 10.6 Å². The van der Waals surface area contributed by atoms with Crippen LogP contribution < -0.4 is 20.1 Å². The van der Waals surface area contributed by atoms with E-state index in [9.17, 15) is 14.7 Å². The molecule has 0 bridgehead atoms. The average Bonchev–Trinajstić information content (AvgIpc) is 2.60. The molecule has 0 saturated carbocycles. The number of hydrogen-bond donors (Lipinski definition) is 3. The SMILES string of the molecule is CC[C@H](C)[C@H](NCC(=O)NC(C)c1cc(OC)ccc1OC)C(=O)O.